The van der Waals surface area contributed by atoms with Crippen molar-refractivity contribution >= 4 is 16.9 Å². The maximum absolute atomic E-state index is 12.4. The van der Waals surface area contributed by atoms with E-state index in [1.54, 1.807) is 0 Å². The predicted octanol–water partition coefficient (Wildman–Crippen LogP) is -0.152. The number of phenols is 3. The standard InChI is InChI=1S/C21H18O12/c22-8-4-10(24)15-11(25)6-12(31-14(15)5-8)7-1-2-9(23)13(3-7)32-21-18(28)16(26)17(27)19(33-21)20(29)30/h1-6,16-19,21-24,26-28H,(H,29,30). The smallest absolute Gasteiger partial charge is 0.335 e. The van der Waals surface area contributed by atoms with Gasteiger partial charge in [0.2, 0.25) is 6.29 Å². The number of benzene rings is 2. The average Bonchev–Trinajstić information content (AvgIpc) is 2.74. The Balaban J connectivity index is 1.70. The lowest BCUT2D eigenvalue weighted by atomic mass is 9.99. The van der Waals surface area contributed by atoms with Crippen LogP contribution in [-0.2, 0) is 9.53 Å². The van der Waals surface area contributed by atoms with Crippen molar-refractivity contribution in [1.29, 1.82) is 0 Å². The fraction of sp³-hybridized carbons (Fsp3) is 0.238. The van der Waals surface area contributed by atoms with Crippen molar-refractivity contribution in [3.63, 3.8) is 0 Å². The number of phenolic OH excluding ortho intramolecular Hbond substituents is 3. The van der Waals surface area contributed by atoms with E-state index in [2.05, 4.69) is 0 Å². The number of aliphatic hydroxyl groups excluding tert-OH is 3. The molecule has 33 heavy (non-hydrogen) atoms. The molecule has 4 rings (SSSR count). The van der Waals surface area contributed by atoms with E-state index in [4.69, 9.17) is 19.0 Å². The number of rotatable bonds is 4. The molecule has 1 aliphatic rings. The molecule has 0 radical (unpaired) electrons. The third-order valence-electron chi connectivity index (χ3n) is 5.10. The van der Waals surface area contributed by atoms with Gasteiger partial charge in [0.1, 0.15) is 46.5 Å². The van der Waals surface area contributed by atoms with Gasteiger partial charge in [0.25, 0.3) is 0 Å². The maximum Gasteiger partial charge on any atom is 0.335 e. The summed E-state index contributed by atoms with van der Waals surface area (Å²) in [6.45, 7) is 0. The van der Waals surface area contributed by atoms with E-state index in [0.717, 1.165) is 24.3 Å². The van der Waals surface area contributed by atoms with Crippen LogP contribution in [0.25, 0.3) is 22.3 Å². The Bertz CT molecular complexity index is 1280. The Labute approximate surface area is 183 Å². The molecular weight excluding hydrogens is 444 g/mol. The zero-order chi connectivity index (χ0) is 24.0. The number of carbonyl (C=O) groups is 1. The Morgan fingerprint density at radius 1 is 0.909 bits per heavy atom. The summed E-state index contributed by atoms with van der Waals surface area (Å²) in [4.78, 5) is 23.7. The Kier molecular flexibility index (Phi) is 5.59. The summed E-state index contributed by atoms with van der Waals surface area (Å²) >= 11 is 0. The van der Waals surface area contributed by atoms with Gasteiger partial charge in [0.15, 0.2) is 23.0 Å². The van der Waals surface area contributed by atoms with Gasteiger partial charge in [-0.05, 0) is 18.2 Å². The molecule has 1 fully saturated rings. The van der Waals surface area contributed by atoms with E-state index in [9.17, 15) is 40.2 Å². The van der Waals surface area contributed by atoms with Crippen LogP contribution in [0.4, 0.5) is 0 Å². The molecule has 7 N–H and O–H groups in total. The van der Waals surface area contributed by atoms with Crippen molar-refractivity contribution in [3.05, 3.63) is 46.6 Å². The molecule has 1 aromatic heterocycles. The minimum absolute atomic E-state index is 0.0358. The number of aliphatic carboxylic acids is 1. The third-order valence-corrected chi connectivity index (χ3v) is 5.10. The first-order valence-corrected chi connectivity index (χ1v) is 9.49. The van der Waals surface area contributed by atoms with Gasteiger partial charge >= 0.3 is 5.97 Å². The molecule has 2 heterocycles. The van der Waals surface area contributed by atoms with Crippen LogP contribution in [0.2, 0.25) is 0 Å². The molecular formula is C21H18O12. The number of fused-ring (bicyclic) bond motifs is 1. The molecule has 12 heteroatoms. The number of aliphatic hydroxyl groups is 3. The summed E-state index contributed by atoms with van der Waals surface area (Å²) in [5.74, 6) is -3.24. The van der Waals surface area contributed by atoms with E-state index in [-0.39, 0.29) is 33.8 Å². The van der Waals surface area contributed by atoms with Gasteiger partial charge in [0.05, 0.1) is 0 Å². The summed E-state index contributed by atoms with van der Waals surface area (Å²) < 4.78 is 16.0. The zero-order valence-corrected chi connectivity index (χ0v) is 16.5. The summed E-state index contributed by atoms with van der Waals surface area (Å²) in [6.07, 6.45) is -9.37. The van der Waals surface area contributed by atoms with Crippen LogP contribution in [0, 0.1) is 0 Å². The molecule has 0 aliphatic carbocycles. The number of carboxylic acids is 1. The van der Waals surface area contributed by atoms with E-state index < -0.39 is 53.6 Å². The van der Waals surface area contributed by atoms with Gasteiger partial charge in [0, 0.05) is 23.8 Å². The second-order valence-corrected chi connectivity index (χ2v) is 7.35. The van der Waals surface area contributed by atoms with Crippen molar-refractivity contribution < 1.29 is 54.4 Å². The van der Waals surface area contributed by atoms with Crippen LogP contribution in [0.1, 0.15) is 0 Å². The SMILES string of the molecule is O=C(O)C1OC(Oc2cc(-c3cc(=O)c4c(O)cc(O)cc4o3)ccc2O)C(O)C(O)C1O. The van der Waals surface area contributed by atoms with Crippen LogP contribution in [0.3, 0.4) is 0 Å². The highest BCUT2D eigenvalue weighted by Gasteiger charge is 2.48. The number of ether oxygens (including phenoxy) is 2. The van der Waals surface area contributed by atoms with E-state index in [1.165, 1.54) is 12.1 Å². The monoisotopic (exact) mass is 462 g/mol. The third kappa shape index (κ3) is 4.03. The Morgan fingerprint density at radius 3 is 2.33 bits per heavy atom. The van der Waals surface area contributed by atoms with Crippen LogP contribution in [0.5, 0.6) is 23.0 Å². The number of aromatic hydroxyl groups is 3. The first-order valence-electron chi connectivity index (χ1n) is 9.49. The fourth-order valence-electron chi connectivity index (χ4n) is 3.43. The first kappa shape index (κ1) is 22.4. The molecule has 3 aromatic rings. The average molecular weight is 462 g/mol. The maximum atomic E-state index is 12.4. The second-order valence-electron chi connectivity index (χ2n) is 7.35. The molecule has 5 unspecified atom stereocenters. The van der Waals surface area contributed by atoms with Crippen molar-refractivity contribution in [3.8, 4) is 34.3 Å². The second kappa shape index (κ2) is 8.26. The summed E-state index contributed by atoms with van der Waals surface area (Å²) in [5.41, 5.74) is -0.546. The number of carboxylic acid groups (broad SMARTS) is 1. The minimum Gasteiger partial charge on any atom is -0.508 e. The van der Waals surface area contributed by atoms with Gasteiger partial charge in [-0.2, -0.15) is 0 Å². The van der Waals surface area contributed by atoms with Gasteiger partial charge in [-0.15, -0.1) is 0 Å². The van der Waals surface area contributed by atoms with Gasteiger partial charge in [-0.25, -0.2) is 4.79 Å². The number of hydrogen-bond acceptors (Lipinski definition) is 11. The van der Waals surface area contributed by atoms with Crippen LogP contribution in [0.15, 0.2) is 45.6 Å². The quantitative estimate of drug-likeness (QED) is 0.270. The van der Waals surface area contributed by atoms with Crippen LogP contribution < -0.4 is 10.2 Å². The van der Waals surface area contributed by atoms with E-state index in [0.29, 0.717) is 0 Å². The molecule has 174 valence electrons. The lowest BCUT2D eigenvalue weighted by Crippen LogP contribution is -2.61. The molecule has 5 atom stereocenters. The highest BCUT2D eigenvalue weighted by molar-refractivity contribution is 5.86. The fourth-order valence-corrected chi connectivity index (χ4v) is 3.43. The van der Waals surface area contributed by atoms with Gasteiger partial charge in [-0.1, -0.05) is 0 Å². The highest BCUT2D eigenvalue weighted by Crippen LogP contribution is 2.36. The molecule has 0 spiro atoms. The van der Waals surface area contributed by atoms with E-state index in [1.807, 2.05) is 0 Å². The Morgan fingerprint density at radius 2 is 1.64 bits per heavy atom. The zero-order valence-electron chi connectivity index (χ0n) is 16.5. The van der Waals surface area contributed by atoms with Gasteiger partial charge < -0.3 is 49.6 Å². The summed E-state index contributed by atoms with van der Waals surface area (Å²) in [7, 11) is 0. The number of hydrogen-bond donors (Lipinski definition) is 7. The lowest BCUT2D eigenvalue weighted by Gasteiger charge is -2.38. The van der Waals surface area contributed by atoms with Crippen molar-refractivity contribution in [2.75, 3.05) is 0 Å². The predicted molar refractivity (Wildman–Crippen MR) is 108 cm³/mol. The topological polar surface area (TPSA) is 207 Å². The summed E-state index contributed by atoms with van der Waals surface area (Å²) in [5, 5.41) is 68.5. The molecule has 0 amide bonds. The van der Waals surface area contributed by atoms with Crippen LogP contribution in [-0.4, -0.2) is 72.4 Å². The minimum atomic E-state index is -1.92. The molecule has 0 saturated carbocycles. The Hall–Kier alpha value is -3.84. The molecule has 1 saturated heterocycles. The molecule has 12 nitrogen and oxygen atoms in total. The molecule has 1 aliphatic heterocycles. The van der Waals surface area contributed by atoms with Crippen LogP contribution >= 0.6 is 0 Å². The summed E-state index contributed by atoms with van der Waals surface area (Å²) in [6, 6.07) is 6.86. The van der Waals surface area contributed by atoms with Crippen molar-refractivity contribution in [1.82, 2.24) is 0 Å². The van der Waals surface area contributed by atoms with Crippen molar-refractivity contribution in [2.24, 2.45) is 0 Å². The van der Waals surface area contributed by atoms with Gasteiger partial charge in [-0.3, -0.25) is 4.79 Å². The normalized spacial score (nSPS) is 25.1. The van der Waals surface area contributed by atoms with Crippen molar-refractivity contribution in [2.45, 2.75) is 30.7 Å². The highest BCUT2D eigenvalue weighted by atomic mass is 16.7. The first-order chi connectivity index (χ1) is 15.6. The molecule has 2 aromatic carbocycles. The molecule has 0 bridgehead atoms. The largest absolute Gasteiger partial charge is 0.508 e. The lowest BCUT2D eigenvalue weighted by molar-refractivity contribution is -0.271. The van der Waals surface area contributed by atoms with E-state index >= 15 is 0 Å².